The summed E-state index contributed by atoms with van der Waals surface area (Å²) < 4.78 is 80.0. The van der Waals surface area contributed by atoms with Gasteiger partial charge in [-0.3, -0.25) is 4.79 Å². The Kier molecular flexibility index (Phi) is 22.4. The molecule has 0 spiro atoms. The normalized spacial score (nSPS) is 21.8. The Labute approximate surface area is 741 Å². The number of hydrogen-bond donors (Lipinski definition) is 28. The molecule has 53 heteroatoms. The fourth-order valence-corrected chi connectivity index (χ4v) is 14.7. The lowest BCUT2D eigenvalue weighted by Gasteiger charge is -2.49. The zero-order valence-electron chi connectivity index (χ0n) is 66.2. The lowest BCUT2D eigenvalue weighted by Crippen LogP contribution is -2.70. The fraction of sp³-hybridized carbons (Fsp3) is 0.183. The summed E-state index contributed by atoms with van der Waals surface area (Å²) in [6.45, 7) is -3.31. The van der Waals surface area contributed by atoms with Gasteiger partial charge in [0.05, 0.1) is 56.0 Å². The number of benzene rings is 9. The molecule has 704 valence electrons. The number of phenols is 25. The maximum absolute atomic E-state index is 15.9. The monoisotopic (exact) mass is 1890 g/mol. The van der Waals surface area contributed by atoms with E-state index in [1.807, 2.05) is 0 Å². The van der Waals surface area contributed by atoms with Gasteiger partial charge in [-0.05, 0) is 84.9 Å². The molecule has 2 saturated heterocycles. The van der Waals surface area contributed by atoms with E-state index in [1.54, 1.807) is 0 Å². The summed E-state index contributed by atoms with van der Waals surface area (Å²) in [7, 11) is 0. The van der Waals surface area contributed by atoms with Crippen molar-refractivity contribution in [3.63, 3.8) is 0 Å². The molecule has 6 aliphatic rings. The molecule has 5 aliphatic heterocycles. The van der Waals surface area contributed by atoms with E-state index >= 15 is 24.0 Å². The third-order valence-corrected chi connectivity index (χ3v) is 21.3. The molecule has 0 saturated carbocycles. The maximum Gasteiger partial charge on any atom is 0.342 e. The fourth-order valence-electron chi connectivity index (χ4n) is 14.7. The van der Waals surface area contributed by atoms with Crippen LogP contribution in [0.1, 0.15) is 105 Å². The summed E-state index contributed by atoms with van der Waals surface area (Å²) >= 11 is 0. The van der Waals surface area contributed by atoms with E-state index in [1.165, 1.54) is 0 Å². The van der Waals surface area contributed by atoms with E-state index < -0.39 is 391 Å². The summed E-state index contributed by atoms with van der Waals surface area (Å²) in [6, 6.07) is 4.37. The molecule has 135 heavy (non-hydrogen) atoms. The van der Waals surface area contributed by atoms with E-state index in [-0.39, 0.29) is 30.3 Å². The number of carbonyl (C=O) groups is 11. The van der Waals surface area contributed by atoms with Crippen LogP contribution in [0.2, 0.25) is 0 Å². The highest BCUT2D eigenvalue weighted by atomic mass is 16.8. The van der Waals surface area contributed by atoms with Gasteiger partial charge in [-0.25, -0.2) is 47.9 Å². The molecule has 9 aromatic carbocycles. The Balaban J connectivity index is 0.895. The van der Waals surface area contributed by atoms with Gasteiger partial charge >= 0.3 is 65.5 Å². The van der Waals surface area contributed by atoms with Gasteiger partial charge in [-0.2, -0.15) is 0 Å². The topological polar surface area (TPSA) is 883 Å². The number of rotatable bonds is 15. The predicted octanol–water partition coefficient (Wildman–Crippen LogP) is 0.985. The zero-order valence-corrected chi connectivity index (χ0v) is 66.2. The molecule has 2 fully saturated rings. The summed E-state index contributed by atoms with van der Waals surface area (Å²) in [4.78, 5) is 164. The van der Waals surface area contributed by atoms with Crippen LogP contribution in [0.4, 0.5) is 0 Å². The van der Waals surface area contributed by atoms with Gasteiger partial charge in [-0.15, -0.1) is 0 Å². The zero-order chi connectivity index (χ0) is 98.3. The van der Waals surface area contributed by atoms with E-state index in [0.717, 1.165) is 0 Å². The standard InChI is InChI=1S/C82H58O53/c83-28-1-18(2-29(84)49(28)98)69(109)122-16-42-61(127-70(110)19-3-30(85)50(99)31(86)4-19)65(129-71(111)20-5-32(87)51(100)33(88)6-20)67(79(124-42)133-72(112)21-7-34(89)52(101)35(90)8-21)132-78(118)27-14-39(94)55(104)59(108)60(27)126-63-46-24(12-40(95)56(63)105)74(114)123-17-43-62-66(130-75(115)23-11-38(93)54(103)58(107)45(23)46)68(80(125-43)134-73(113)22-9-36(91)53(102)37(92)10-22)131-76(116)25-13-41(96)57(106)64-47(25)48-26(77(117)128-62)15-44(97)82(121,135-64)81(48,119)120/h1-15,42-43,48,61-62,65-68,79-80,83-96,98-108,119-121H,16-17H2/t42-,43-,48+,61-,62-,65+,66-,67-,68-,79+,80+,82+/m1/s1. The number of carbonyl (C=O) groups excluding carboxylic acids is 11. The first-order valence-corrected chi connectivity index (χ1v) is 37.5. The van der Waals surface area contributed by atoms with Crippen molar-refractivity contribution < 1.29 is 262 Å². The molecule has 6 bridgehead atoms. The van der Waals surface area contributed by atoms with Crippen molar-refractivity contribution in [2.45, 2.75) is 78.9 Å². The van der Waals surface area contributed by atoms with Gasteiger partial charge in [0, 0.05) is 22.8 Å². The predicted molar refractivity (Wildman–Crippen MR) is 412 cm³/mol. The van der Waals surface area contributed by atoms with Gasteiger partial charge in [0.25, 0.3) is 5.79 Å². The van der Waals surface area contributed by atoms with Crippen molar-refractivity contribution in [1.29, 1.82) is 0 Å². The maximum atomic E-state index is 15.9. The van der Waals surface area contributed by atoms with Crippen LogP contribution in [0.25, 0.3) is 11.1 Å². The molecule has 0 aromatic heterocycles. The van der Waals surface area contributed by atoms with Gasteiger partial charge in [0.15, 0.2) is 157 Å². The van der Waals surface area contributed by atoms with Crippen molar-refractivity contribution in [1.82, 2.24) is 0 Å². The van der Waals surface area contributed by atoms with E-state index in [4.69, 9.17) is 66.3 Å². The van der Waals surface area contributed by atoms with Crippen LogP contribution < -0.4 is 9.47 Å². The third kappa shape index (κ3) is 15.5. The van der Waals surface area contributed by atoms with Crippen LogP contribution in [-0.4, -0.2) is 295 Å². The van der Waals surface area contributed by atoms with Crippen molar-refractivity contribution >= 4 is 65.5 Å². The molecule has 0 unspecified atom stereocenters. The van der Waals surface area contributed by atoms with Gasteiger partial charge in [-0.1, -0.05) is 0 Å². The Bertz CT molecular complexity index is 6630. The number of cyclic esters (lactones) is 1. The number of ether oxygens (including phenoxy) is 14. The van der Waals surface area contributed by atoms with Crippen LogP contribution in [0, 0.1) is 0 Å². The molecular formula is C82H58O53. The quantitative estimate of drug-likeness (QED) is 0.0294. The van der Waals surface area contributed by atoms with E-state index in [0.29, 0.717) is 60.7 Å². The van der Waals surface area contributed by atoms with E-state index in [2.05, 4.69) is 0 Å². The lowest BCUT2D eigenvalue weighted by molar-refractivity contribution is -0.339. The first-order chi connectivity index (χ1) is 63.4. The van der Waals surface area contributed by atoms with Gasteiger partial charge in [0.2, 0.25) is 59.3 Å². The average Bonchev–Trinajstić information content (AvgIpc) is 1.49. The number of aliphatic hydroxyl groups is 3. The molecule has 12 atom stereocenters. The van der Waals surface area contributed by atoms with Crippen LogP contribution in [-0.2, 0) is 66.4 Å². The second-order valence-corrected chi connectivity index (χ2v) is 29.6. The lowest BCUT2D eigenvalue weighted by atomic mass is 9.70. The number of phenolic OH excluding ortho intramolecular Hbond substituents is 25. The highest BCUT2D eigenvalue weighted by molar-refractivity contribution is 6.11. The number of esters is 10. The second-order valence-electron chi connectivity index (χ2n) is 29.6. The minimum atomic E-state index is -4.21. The highest BCUT2D eigenvalue weighted by Gasteiger charge is 2.71. The second kappa shape index (κ2) is 33.2. The van der Waals surface area contributed by atoms with Crippen LogP contribution >= 0.6 is 0 Å². The van der Waals surface area contributed by atoms with E-state index in [9.17, 15) is 172 Å². The number of aromatic hydroxyl groups is 25. The first kappa shape index (κ1) is 91.2. The Morgan fingerprint density at radius 2 is 0.741 bits per heavy atom. The molecular weight excluding hydrogens is 1830 g/mol. The van der Waals surface area contributed by atoms with Crippen molar-refractivity contribution in [3.05, 3.63) is 152 Å². The Hall–Kier alpha value is -18.5. The van der Waals surface area contributed by atoms with Crippen LogP contribution in [0.15, 0.2) is 96.6 Å². The van der Waals surface area contributed by atoms with Gasteiger partial charge in [0.1, 0.15) is 31.0 Å². The number of hydrogen-bond acceptors (Lipinski definition) is 53. The summed E-state index contributed by atoms with van der Waals surface area (Å²) in [5.41, 5.74) is -17.3. The number of ketones is 1. The minimum absolute atomic E-state index is 0.00839. The highest BCUT2D eigenvalue weighted by Crippen LogP contribution is 2.61. The summed E-state index contributed by atoms with van der Waals surface area (Å²) in [6.07, 6.45) is -29.1. The van der Waals surface area contributed by atoms with Crippen molar-refractivity contribution in [2.75, 3.05) is 13.2 Å². The van der Waals surface area contributed by atoms with Crippen LogP contribution in [0.3, 0.4) is 0 Å². The molecule has 5 heterocycles. The molecule has 28 N–H and O–H groups in total. The largest absolute Gasteiger partial charge is 0.504 e. The van der Waals surface area contributed by atoms with Crippen molar-refractivity contribution in [2.24, 2.45) is 0 Å². The molecule has 15 rings (SSSR count). The third-order valence-electron chi connectivity index (χ3n) is 21.3. The molecule has 9 aromatic rings. The minimum Gasteiger partial charge on any atom is -0.504 e. The molecule has 53 nitrogen and oxygen atoms in total. The SMILES string of the molecule is O=C1O[C@H]2[C@H]3OC(=O)c4cc(O)c(O)c(O)c4-c4c(cc(O)c(O)c4Oc4c(C(=O)O[C@H]5[C@H](OC(=O)c6cc(O)c(O)c(O)c6)O[C@H](COC(=O)c6cc(O)c(O)c(O)c6)[C@@H](OC(=O)c6cc(O)c(O)c(O)c6)[C@@H]5OC(=O)c5cc(O)c(O)c(O)c5)cc(O)c(O)c4O)C(=O)OC[C@H]2O[C@@H](OC(=O)c2cc(O)c(O)c(O)c2)[C@@H]3OC(=O)c2cc(O)c(O)c3c2[C@@H]2C1=CC(=O)[C@](O)(O3)C2(O)O. The van der Waals surface area contributed by atoms with Crippen molar-refractivity contribution in [3.8, 4) is 172 Å². The molecule has 1 aliphatic carbocycles. The smallest absolute Gasteiger partial charge is 0.342 e. The molecule has 0 radical (unpaired) electrons. The summed E-state index contributed by atoms with van der Waals surface area (Å²) in [5, 5.41) is 308. The van der Waals surface area contributed by atoms with Crippen LogP contribution in [0.5, 0.6) is 161 Å². The average molecular weight is 1890 g/mol. The Morgan fingerprint density at radius 3 is 1.24 bits per heavy atom. The molecule has 0 amide bonds. The first-order valence-electron chi connectivity index (χ1n) is 37.5. The number of fused-ring (bicyclic) bond motifs is 4. The van der Waals surface area contributed by atoms with Gasteiger partial charge < -0.3 is 209 Å². The summed E-state index contributed by atoms with van der Waals surface area (Å²) in [5.74, 6) is -75.9. The Morgan fingerprint density at radius 1 is 0.348 bits per heavy atom.